The predicted octanol–water partition coefficient (Wildman–Crippen LogP) is 3.01. The van der Waals surface area contributed by atoms with Gasteiger partial charge in [-0.1, -0.05) is 15.9 Å². The van der Waals surface area contributed by atoms with Gasteiger partial charge in [-0.2, -0.15) is 0 Å². The summed E-state index contributed by atoms with van der Waals surface area (Å²) in [5.74, 6) is 0.0407. The first-order chi connectivity index (χ1) is 7.66. The molecule has 2 nitrogen and oxygen atoms in total. The number of benzene rings is 1. The summed E-state index contributed by atoms with van der Waals surface area (Å²) in [5.41, 5.74) is 6.98. The molecule has 2 atom stereocenters. The first kappa shape index (κ1) is 12.0. The van der Waals surface area contributed by atoms with Gasteiger partial charge in [-0.15, -0.1) is 0 Å². The number of hydrogen-bond acceptors (Lipinski definition) is 2. The maximum absolute atomic E-state index is 13.2. The summed E-state index contributed by atoms with van der Waals surface area (Å²) in [5, 5.41) is 0. The van der Waals surface area contributed by atoms with Gasteiger partial charge in [-0.3, -0.25) is 0 Å². The molecule has 0 radical (unpaired) electrons. The van der Waals surface area contributed by atoms with Crippen molar-refractivity contribution in [3.63, 3.8) is 0 Å². The minimum atomic E-state index is -0.253. The summed E-state index contributed by atoms with van der Waals surface area (Å²) in [6.45, 7) is 1.49. The molecule has 2 N–H and O–H groups in total. The average Bonchev–Trinajstić information content (AvgIpc) is 2.28. The summed E-state index contributed by atoms with van der Waals surface area (Å²) in [6.07, 6.45) is 2.09. The summed E-state index contributed by atoms with van der Waals surface area (Å²) < 4.78 is 19.4. The van der Waals surface area contributed by atoms with Crippen LogP contribution in [0.25, 0.3) is 0 Å². The standard InChI is InChI=1S/C12H15BrFNO/c13-10-4-9(5-11(14)6-10)12(15)8-2-1-3-16-7-8/h4-6,8,12H,1-3,7,15H2. The van der Waals surface area contributed by atoms with Gasteiger partial charge in [0.15, 0.2) is 0 Å². The highest BCUT2D eigenvalue weighted by Gasteiger charge is 2.22. The molecule has 1 aliphatic rings. The van der Waals surface area contributed by atoms with Gasteiger partial charge in [0.1, 0.15) is 5.82 Å². The molecule has 1 aromatic carbocycles. The maximum atomic E-state index is 13.2. The molecule has 0 spiro atoms. The highest BCUT2D eigenvalue weighted by molar-refractivity contribution is 9.10. The lowest BCUT2D eigenvalue weighted by atomic mass is 9.89. The molecule has 4 heteroatoms. The molecular weight excluding hydrogens is 273 g/mol. The van der Waals surface area contributed by atoms with Crippen LogP contribution in [0.1, 0.15) is 24.4 Å². The predicted molar refractivity (Wildman–Crippen MR) is 64.6 cm³/mol. The molecule has 16 heavy (non-hydrogen) atoms. The van der Waals surface area contributed by atoms with Crippen LogP contribution in [0, 0.1) is 11.7 Å². The van der Waals surface area contributed by atoms with E-state index in [1.165, 1.54) is 12.1 Å². The zero-order chi connectivity index (χ0) is 11.5. The van der Waals surface area contributed by atoms with Crippen molar-refractivity contribution in [2.45, 2.75) is 18.9 Å². The van der Waals surface area contributed by atoms with Crippen LogP contribution >= 0.6 is 15.9 Å². The molecule has 88 valence electrons. The van der Waals surface area contributed by atoms with Crippen molar-refractivity contribution in [3.8, 4) is 0 Å². The summed E-state index contributed by atoms with van der Waals surface area (Å²) in [7, 11) is 0. The Kier molecular flexibility index (Phi) is 3.95. The van der Waals surface area contributed by atoms with Gasteiger partial charge in [-0.25, -0.2) is 4.39 Å². The highest BCUT2D eigenvalue weighted by atomic mass is 79.9. The van der Waals surface area contributed by atoms with Crippen LogP contribution in [-0.4, -0.2) is 13.2 Å². The molecule has 0 amide bonds. The van der Waals surface area contributed by atoms with Gasteiger partial charge < -0.3 is 10.5 Å². The second-order valence-corrected chi connectivity index (χ2v) is 5.12. The second kappa shape index (κ2) is 5.25. The quantitative estimate of drug-likeness (QED) is 0.908. The van der Waals surface area contributed by atoms with Crippen LogP contribution in [0.5, 0.6) is 0 Å². The van der Waals surface area contributed by atoms with Crippen molar-refractivity contribution >= 4 is 15.9 Å². The largest absolute Gasteiger partial charge is 0.381 e. The van der Waals surface area contributed by atoms with E-state index in [1.807, 2.05) is 6.07 Å². The summed E-state index contributed by atoms with van der Waals surface area (Å²) in [4.78, 5) is 0. The van der Waals surface area contributed by atoms with E-state index >= 15 is 0 Å². The van der Waals surface area contributed by atoms with Crippen LogP contribution in [-0.2, 0) is 4.74 Å². The van der Waals surface area contributed by atoms with Crippen molar-refractivity contribution in [2.75, 3.05) is 13.2 Å². The van der Waals surface area contributed by atoms with Crippen molar-refractivity contribution in [2.24, 2.45) is 11.7 Å². The zero-order valence-electron chi connectivity index (χ0n) is 8.96. The Balaban J connectivity index is 2.15. The third kappa shape index (κ3) is 2.81. The molecule has 0 aromatic heterocycles. The summed E-state index contributed by atoms with van der Waals surface area (Å²) >= 11 is 3.28. The fraction of sp³-hybridized carbons (Fsp3) is 0.500. The zero-order valence-corrected chi connectivity index (χ0v) is 10.5. The molecule has 0 bridgehead atoms. The topological polar surface area (TPSA) is 35.2 Å². The minimum absolute atomic E-state index is 0.146. The van der Waals surface area contributed by atoms with Crippen LogP contribution in [0.15, 0.2) is 22.7 Å². The van der Waals surface area contributed by atoms with Crippen molar-refractivity contribution in [3.05, 3.63) is 34.1 Å². The third-order valence-corrected chi connectivity index (χ3v) is 3.43. The molecule has 2 rings (SSSR count). The fourth-order valence-corrected chi connectivity index (χ4v) is 2.57. The number of nitrogens with two attached hydrogens (primary N) is 1. The van der Waals surface area contributed by atoms with Gasteiger partial charge in [0, 0.05) is 23.0 Å². The fourth-order valence-electron chi connectivity index (χ4n) is 2.09. The lowest BCUT2D eigenvalue weighted by molar-refractivity contribution is 0.0447. The number of hydrogen-bond donors (Lipinski definition) is 1. The molecule has 0 saturated carbocycles. The third-order valence-electron chi connectivity index (χ3n) is 2.97. The van der Waals surface area contributed by atoms with Crippen molar-refractivity contribution < 1.29 is 9.13 Å². The Morgan fingerprint density at radius 1 is 1.44 bits per heavy atom. The smallest absolute Gasteiger partial charge is 0.124 e. The van der Waals surface area contributed by atoms with E-state index in [-0.39, 0.29) is 11.9 Å². The molecule has 1 aromatic rings. The number of ether oxygens (including phenoxy) is 1. The SMILES string of the molecule is NC(c1cc(F)cc(Br)c1)C1CCCOC1. The lowest BCUT2D eigenvalue weighted by Gasteiger charge is -2.27. The van der Waals surface area contributed by atoms with E-state index in [0.717, 1.165) is 29.5 Å². The van der Waals surface area contributed by atoms with Crippen LogP contribution < -0.4 is 5.73 Å². The second-order valence-electron chi connectivity index (χ2n) is 4.21. The van der Waals surface area contributed by atoms with Gasteiger partial charge in [0.05, 0.1) is 6.61 Å². The molecule has 1 saturated heterocycles. The molecule has 1 heterocycles. The van der Waals surface area contributed by atoms with Gasteiger partial charge in [0.25, 0.3) is 0 Å². The molecule has 2 unspecified atom stereocenters. The molecular formula is C12H15BrFNO. The van der Waals surface area contributed by atoms with Gasteiger partial charge in [0.2, 0.25) is 0 Å². The van der Waals surface area contributed by atoms with E-state index in [4.69, 9.17) is 10.5 Å². The monoisotopic (exact) mass is 287 g/mol. The van der Waals surface area contributed by atoms with Gasteiger partial charge in [-0.05, 0) is 36.6 Å². The van der Waals surface area contributed by atoms with E-state index < -0.39 is 0 Å². The van der Waals surface area contributed by atoms with Crippen molar-refractivity contribution in [1.29, 1.82) is 0 Å². The van der Waals surface area contributed by atoms with E-state index in [2.05, 4.69) is 15.9 Å². The first-order valence-corrected chi connectivity index (χ1v) is 6.25. The van der Waals surface area contributed by atoms with E-state index in [0.29, 0.717) is 12.5 Å². The van der Waals surface area contributed by atoms with E-state index in [9.17, 15) is 4.39 Å². The molecule has 0 aliphatic carbocycles. The van der Waals surface area contributed by atoms with Crippen LogP contribution in [0.4, 0.5) is 4.39 Å². The Hall–Kier alpha value is -0.450. The Morgan fingerprint density at radius 2 is 2.25 bits per heavy atom. The number of halogens is 2. The Bertz CT molecular complexity index is 346. The van der Waals surface area contributed by atoms with Crippen LogP contribution in [0.2, 0.25) is 0 Å². The first-order valence-electron chi connectivity index (χ1n) is 5.46. The molecule has 1 fully saturated rings. The normalized spacial score (nSPS) is 23.1. The maximum Gasteiger partial charge on any atom is 0.124 e. The van der Waals surface area contributed by atoms with Crippen LogP contribution in [0.3, 0.4) is 0 Å². The Morgan fingerprint density at radius 3 is 2.88 bits per heavy atom. The number of rotatable bonds is 2. The average molecular weight is 288 g/mol. The Labute approximate surface area is 103 Å². The van der Waals surface area contributed by atoms with Crippen molar-refractivity contribution in [1.82, 2.24) is 0 Å². The van der Waals surface area contributed by atoms with E-state index in [1.54, 1.807) is 0 Å². The van der Waals surface area contributed by atoms with Gasteiger partial charge >= 0.3 is 0 Å². The minimum Gasteiger partial charge on any atom is -0.381 e. The molecule has 1 aliphatic heterocycles. The summed E-state index contributed by atoms with van der Waals surface area (Å²) in [6, 6.07) is 4.67. The highest BCUT2D eigenvalue weighted by Crippen LogP contribution is 2.28. The lowest BCUT2D eigenvalue weighted by Crippen LogP contribution is -2.29.